The molecule has 2 aromatic carbocycles. The average Bonchev–Trinajstić information content (AvgIpc) is 2.67. The molecule has 0 fully saturated rings. The Morgan fingerprint density at radius 2 is 1.76 bits per heavy atom. The van der Waals surface area contributed by atoms with Crippen molar-refractivity contribution in [2.75, 3.05) is 24.9 Å². The lowest BCUT2D eigenvalue weighted by Gasteiger charge is -2.11. The predicted octanol–water partition coefficient (Wildman–Crippen LogP) is 3.24. The molecule has 1 heterocycles. The number of benzene rings is 2. The number of hydrogen-bond acceptors (Lipinski definition) is 7. The maximum Gasteiger partial charge on any atom is 0.244 e. The molecule has 0 saturated carbocycles. The summed E-state index contributed by atoms with van der Waals surface area (Å²) in [5.74, 6) is 2.57. The fourth-order valence-electron chi connectivity index (χ4n) is 2.25. The zero-order valence-corrected chi connectivity index (χ0v) is 14.1. The van der Waals surface area contributed by atoms with Gasteiger partial charge in [0.15, 0.2) is 5.82 Å². The molecule has 7 heteroatoms. The fraction of sp³-hybridized carbons (Fsp3) is 0.167. The predicted molar refractivity (Wildman–Crippen MR) is 96.4 cm³/mol. The molecule has 0 aliphatic heterocycles. The van der Waals surface area contributed by atoms with Crippen LogP contribution >= 0.6 is 0 Å². The molecule has 3 rings (SSSR count). The zero-order chi connectivity index (χ0) is 17.5. The van der Waals surface area contributed by atoms with Crippen LogP contribution in [0.25, 0.3) is 0 Å². The molecule has 7 nitrogen and oxygen atoms in total. The molecule has 25 heavy (non-hydrogen) atoms. The molecular formula is C18H19N5O2. The molecule has 0 aliphatic carbocycles. The Kier molecular flexibility index (Phi) is 5.26. The molecule has 0 spiro atoms. The van der Waals surface area contributed by atoms with Crippen LogP contribution < -0.4 is 20.1 Å². The normalized spacial score (nSPS) is 10.2. The van der Waals surface area contributed by atoms with Gasteiger partial charge in [-0.05, 0) is 29.8 Å². The minimum Gasteiger partial charge on any atom is -0.497 e. The number of hydrogen-bond donors (Lipinski definition) is 2. The van der Waals surface area contributed by atoms with Gasteiger partial charge in [-0.3, -0.25) is 0 Å². The van der Waals surface area contributed by atoms with Gasteiger partial charge in [0, 0.05) is 6.54 Å². The average molecular weight is 337 g/mol. The first-order valence-corrected chi connectivity index (χ1v) is 7.75. The number of para-hydroxylation sites is 2. The highest BCUT2D eigenvalue weighted by molar-refractivity contribution is 5.63. The third-order valence-electron chi connectivity index (χ3n) is 3.54. The summed E-state index contributed by atoms with van der Waals surface area (Å²) in [6.07, 6.45) is 1.56. The van der Waals surface area contributed by atoms with Gasteiger partial charge in [-0.1, -0.05) is 24.3 Å². The Morgan fingerprint density at radius 1 is 0.960 bits per heavy atom. The highest BCUT2D eigenvalue weighted by atomic mass is 16.5. The molecule has 0 saturated heterocycles. The summed E-state index contributed by atoms with van der Waals surface area (Å²) >= 11 is 0. The summed E-state index contributed by atoms with van der Waals surface area (Å²) in [4.78, 5) is 4.42. The number of nitrogens with one attached hydrogen (secondary N) is 2. The van der Waals surface area contributed by atoms with E-state index in [9.17, 15) is 0 Å². The van der Waals surface area contributed by atoms with Crippen LogP contribution in [0.4, 0.5) is 17.5 Å². The molecule has 1 aromatic heterocycles. The number of nitrogens with zero attached hydrogens (tertiary/aromatic N) is 3. The van der Waals surface area contributed by atoms with Crippen molar-refractivity contribution >= 4 is 17.5 Å². The van der Waals surface area contributed by atoms with E-state index in [1.54, 1.807) is 20.4 Å². The Morgan fingerprint density at radius 3 is 2.52 bits per heavy atom. The van der Waals surface area contributed by atoms with E-state index < -0.39 is 0 Å². The molecule has 0 radical (unpaired) electrons. The van der Waals surface area contributed by atoms with E-state index in [4.69, 9.17) is 9.47 Å². The van der Waals surface area contributed by atoms with E-state index in [0.29, 0.717) is 18.3 Å². The lowest BCUT2D eigenvalue weighted by atomic mass is 10.2. The van der Waals surface area contributed by atoms with Gasteiger partial charge in [0.2, 0.25) is 5.95 Å². The van der Waals surface area contributed by atoms with E-state index in [2.05, 4.69) is 25.8 Å². The van der Waals surface area contributed by atoms with Gasteiger partial charge in [0.1, 0.15) is 11.5 Å². The van der Waals surface area contributed by atoms with E-state index in [1.807, 2.05) is 48.5 Å². The summed E-state index contributed by atoms with van der Waals surface area (Å²) in [6.45, 7) is 0.587. The quantitative estimate of drug-likeness (QED) is 0.685. The highest BCUT2D eigenvalue weighted by Crippen LogP contribution is 2.26. The van der Waals surface area contributed by atoms with Crippen LogP contribution in [0.15, 0.2) is 54.7 Å². The minimum absolute atomic E-state index is 0.440. The first-order valence-electron chi connectivity index (χ1n) is 7.75. The maximum atomic E-state index is 5.32. The molecule has 0 bridgehead atoms. The second kappa shape index (κ2) is 7.96. The standard InChI is InChI=1S/C18H19N5O2/c1-24-14-9-7-13(8-10-14)11-19-18-22-17(12-20-23-18)21-15-5-3-4-6-16(15)25-2/h3-10,12H,11H2,1-2H3,(H2,19,21,22,23). The van der Waals surface area contributed by atoms with Gasteiger partial charge in [-0.2, -0.15) is 10.1 Å². The van der Waals surface area contributed by atoms with Gasteiger partial charge < -0.3 is 20.1 Å². The third-order valence-corrected chi connectivity index (χ3v) is 3.54. The molecule has 2 N–H and O–H groups in total. The van der Waals surface area contributed by atoms with Gasteiger partial charge in [-0.15, -0.1) is 5.10 Å². The SMILES string of the molecule is COc1ccc(CNc2nncc(Nc3ccccc3OC)n2)cc1. The van der Waals surface area contributed by atoms with Crippen molar-refractivity contribution in [3.8, 4) is 11.5 Å². The van der Waals surface area contributed by atoms with Crippen molar-refractivity contribution in [2.45, 2.75) is 6.54 Å². The Hall–Kier alpha value is -3.35. The largest absolute Gasteiger partial charge is 0.497 e. The maximum absolute atomic E-state index is 5.32. The summed E-state index contributed by atoms with van der Waals surface area (Å²) in [5.41, 5.74) is 1.90. The Bertz CT molecular complexity index is 824. The van der Waals surface area contributed by atoms with E-state index in [-0.39, 0.29) is 0 Å². The summed E-state index contributed by atoms with van der Waals surface area (Å²) in [7, 11) is 3.27. The zero-order valence-electron chi connectivity index (χ0n) is 14.1. The van der Waals surface area contributed by atoms with Crippen molar-refractivity contribution in [3.63, 3.8) is 0 Å². The molecule has 0 amide bonds. The second-order valence-corrected chi connectivity index (χ2v) is 5.19. The van der Waals surface area contributed by atoms with Gasteiger partial charge in [-0.25, -0.2) is 0 Å². The van der Waals surface area contributed by atoms with Crippen LogP contribution in [0.5, 0.6) is 11.5 Å². The van der Waals surface area contributed by atoms with Crippen LogP contribution in [-0.4, -0.2) is 29.4 Å². The summed E-state index contributed by atoms with van der Waals surface area (Å²) in [5, 5.41) is 14.3. The number of ether oxygens (including phenoxy) is 2. The van der Waals surface area contributed by atoms with E-state index in [1.165, 1.54) is 0 Å². The van der Waals surface area contributed by atoms with Crippen molar-refractivity contribution in [1.82, 2.24) is 15.2 Å². The van der Waals surface area contributed by atoms with Crippen LogP contribution in [0.2, 0.25) is 0 Å². The van der Waals surface area contributed by atoms with E-state index >= 15 is 0 Å². The van der Waals surface area contributed by atoms with Crippen LogP contribution in [0, 0.1) is 0 Å². The lowest BCUT2D eigenvalue weighted by Crippen LogP contribution is -2.06. The highest BCUT2D eigenvalue weighted by Gasteiger charge is 2.05. The lowest BCUT2D eigenvalue weighted by molar-refractivity contribution is 0.414. The van der Waals surface area contributed by atoms with Crippen LogP contribution in [0.1, 0.15) is 5.56 Å². The first-order chi connectivity index (χ1) is 12.3. The van der Waals surface area contributed by atoms with Crippen LogP contribution in [0.3, 0.4) is 0 Å². The first kappa shape index (κ1) is 16.5. The van der Waals surface area contributed by atoms with Crippen molar-refractivity contribution in [2.24, 2.45) is 0 Å². The monoisotopic (exact) mass is 337 g/mol. The molecule has 0 unspecified atom stereocenters. The molecule has 0 aliphatic rings. The molecule has 0 atom stereocenters. The topological polar surface area (TPSA) is 81.2 Å². The van der Waals surface area contributed by atoms with Gasteiger partial charge >= 0.3 is 0 Å². The number of methoxy groups -OCH3 is 2. The minimum atomic E-state index is 0.440. The summed E-state index contributed by atoms with van der Waals surface area (Å²) in [6, 6.07) is 15.4. The van der Waals surface area contributed by atoms with Crippen molar-refractivity contribution in [3.05, 3.63) is 60.3 Å². The van der Waals surface area contributed by atoms with Crippen LogP contribution in [-0.2, 0) is 6.54 Å². The smallest absolute Gasteiger partial charge is 0.244 e. The Labute approximate surface area is 146 Å². The third kappa shape index (κ3) is 4.35. The molecule has 3 aromatic rings. The van der Waals surface area contributed by atoms with Gasteiger partial charge in [0.05, 0.1) is 26.1 Å². The number of anilines is 3. The molecule has 128 valence electrons. The van der Waals surface area contributed by atoms with Gasteiger partial charge in [0.25, 0.3) is 0 Å². The van der Waals surface area contributed by atoms with E-state index in [0.717, 1.165) is 22.7 Å². The van der Waals surface area contributed by atoms with Crippen molar-refractivity contribution < 1.29 is 9.47 Å². The molecular weight excluding hydrogens is 318 g/mol. The van der Waals surface area contributed by atoms with Crippen molar-refractivity contribution in [1.29, 1.82) is 0 Å². The fourth-order valence-corrected chi connectivity index (χ4v) is 2.25. The Balaban J connectivity index is 1.66. The summed E-state index contributed by atoms with van der Waals surface area (Å²) < 4.78 is 10.5. The number of aromatic nitrogens is 3. The second-order valence-electron chi connectivity index (χ2n) is 5.19. The number of rotatable bonds is 7.